The van der Waals surface area contributed by atoms with E-state index >= 15 is 0 Å². The van der Waals surface area contributed by atoms with Crippen LogP contribution in [0.15, 0.2) is 24.3 Å². The van der Waals surface area contributed by atoms with Crippen LogP contribution in [0.3, 0.4) is 0 Å². The summed E-state index contributed by atoms with van der Waals surface area (Å²) in [7, 11) is 1.25. The van der Waals surface area contributed by atoms with Crippen LogP contribution in [0.4, 0.5) is 5.69 Å². The van der Waals surface area contributed by atoms with Gasteiger partial charge in [0.25, 0.3) is 0 Å². The Hall–Kier alpha value is -2.30. The number of rotatable bonds is 3. The molecule has 0 aliphatic rings. The monoisotopic (exact) mass is 221 g/mol. The van der Waals surface area contributed by atoms with Crippen LogP contribution in [0.5, 0.6) is 0 Å². The van der Waals surface area contributed by atoms with E-state index in [1.165, 1.54) is 25.3 Å². The molecule has 0 amide bonds. The molecular formula is C11H11NO4. The van der Waals surface area contributed by atoms with E-state index in [0.717, 1.165) is 0 Å². The number of carbonyl (C=O) groups excluding carboxylic acids is 1. The van der Waals surface area contributed by atoms with E-state index in [1.807, 2.05) is 0 Å². The zero-order valence-electron chi connectivity index (χ0n) is 8.64. The molecule has 84 valence electrons. The minimum atomic E-state index is -1.11. The van der Waals surface area contributed by atoms with Gasteiger partial charge in [-0.05, 0) is 17.7 Å². The number of anilines is 1. The second kappa shape index (κ2) is 4.97. The number of benzene rings is 1. The molecule has 1 aromatic rings. The molecular weight excluding hydrogens is 210 g/mol. The lowest BCUT2D eigenvalue weighted by Crippen LogP contribution is -2.03. The summed E-state index contributed by atoms with van der Waals surface area (Å²) in [4.78, 5) is 21.6. The third-order valence-electron chi connectivity index (χ3n) is 1.97. The Morgan fingerprint density at radius 2 is 2.12 bits per heavy atom. The first-order chi connectivity index (χ1) is 7.56. The Labute approximate surface area is 92.1 Å². The topological polar surface area (TPSA) is 89.6 Å². The number of nitrogens with two attached hydrogens (primary N) is 1. The standard InChI is InChI=1S/C11H11NO4/c1-16-9(13)6-5-7-3-2-4-8(10(7)12)11(14)15/h2-6H,12H2,1H3,(H,14,15). The smallest absolute Gasteiger partial charge is 0.337 e. The molecule has 0 bridgehead atoms. The van der Waals surface area contributed by atoms with Crippen LogP contribution < -0.4 is 5.73 Å². The highest BCUT2D eigenvalue weighted by Gasteiger charge is 2.09. The third kappa shape index (κ3) is 2.60. The maximum absolute atomic E-state index is 10.8. The molecule has 0 saturated carbocycles. The maximum atomic E-state index is 10.8. The van der Waals surface area contributed by atoms with Crippen LogP contribution in [-0.4, -0.2) is 24.2 Å². The van der Waals surface area contributed by atoms with E-state index in [9.17, 15) is 9.59 Å². The van der Waals surface area contributed by atoms with Crippen molar-refractivity contribution in [1.82, 2.24) is 0 Å². The average Bonchev–Trinajstić information content (AvgIpc) is 2.26. The fourth-order valence-corrected chi connectivity index (χ4v) is 1.14. The highest BCUT2D eigenvalue weighted by Crippen LogP contribution is 2.18. The summed E-state index contributed by atoms with van der Waals surface area (Å²) < 4.78 is 4.41. The number of hydrogen-bond donors (Lipinski definition) is 2. The van der Waals surface area contributed by atoms with E-state index in [0.29, 0.717) is 5.56 Å². The van der Waals surface area contributed by atoms with E-state index in [1.54, 1.807) is 12.1 Å². The van der Waals surface area contributed by atoms with Gasteiger partial charge in [-0.25, -0.2) is 9.59 Å². The van der Waals surface area contributed by atoms with Crippen LogP contribution in [0.1, 0.15) is 15.9 Å². The first-order valence-electron chi connectivity index (χ1n) is 4.44. The van der Waals surface area contributed by atoms with Gasteiger partial charge < -0.3 is 15.6 Å². The quantitative estimate of drug-likeness (QED) is 0.454. The van der Waals surface area contributed by atoms with Crippen molar-refractivity contribution in [2.24, 2.45) is 0 Å². The van der Waals surface area contributed by atoms with Gasteiger partial charge in [0.2, 0.25) is 0 Å². The summed E-state index contributed by atoms with van der Waals surface area (Å²) in [6.45, 7) is 0. The second-order valence-corrected chi connectivity index (χ2v) is 2.97. The van der Waals surface area contributed by atoms with E-state index in [2.05, 4.69) is 4.74 Å². The number of para-hydroxylation sites is 1. The minimum absolute atomic E-state index is 0.00650. The van der Waals surface area contributed by atoms with Gasteiger partial charge in [-0.3, -0.25) is 0 Å². The molecule has 0 saturated heterocycles. The molecule has 0 spiro atoms. The van der Waals surface area contributed by atoms with Crippen molar-refractivity contribution in [3.63, 3.8) is 0 Å². The molecule has 1 aromatic carbocycles. The lowest BCUT2D eigenvalue weighted by atomic mass is 10.1. The normalized spacial score (nSPS) is 10.3. The molecule has 0 radical (unpaired) electrons. The molecule has 5 heteroatoms. The molecule has 0 fully saturated rings. The van der Waals surface area contributed by atoms with Gasteiger partial charge in [-0.1, -0.05) is 12.1 Å². The first kappa shape index (κ1) is 11.8. The molecule has 1 rings (SSSR count). The molecule has 0 unspecified atom stereocenters. The second-order valence-electron chi connectivity index (χ2n) is 2.97. The number of methoxy groups -OCH3 is 1. The fraction of sp³-hybridized carbons (Fsp3) is 0.0909. The Balaban J connectivity index is 3.07. The minimum Gasteiger partial charge on any atom is -0.478 e. The molecule has 0 heterocycles. The summed E-state index contributed by atoms with van der Waals surface area (Å²) in [6, 6.07) is 4.56. The van der Waals surface area contributed by atoms with Crippen molar-refractivity contribution < 1.29 is 19.4 Å². The number of carboxylic acids is 1. The van der Waals surface area contributed by atoms with E-state index in [-0.39, 0.29) is 11.3 Å². The van der Waals surface area contributed by atoms with Gasteiger partial charge in [0.05, 0.1) is 18.4 Å². The van der Waals surface area contributed by atoms with Crippen molar-refractivity contribution in [3.8, 4) is 0 Å². The number of esters is 1. The van der Waals surface area contributed by atoms with Gasteiger partial charge in [-0.15, -0.1) is 0 Å². The average molecular weight is 221 g/mol. The first-order valence-corrected chi connectivity index (χ1v) is 4.44. The zero-order valence-corrected chi connectivity index (χ0v) is 8.64. The van der Waals surface area contributed by atoms with Crippen molar-refractivity contribution in [2.75, 3.05) is 12.8 Å². The highest BCUT2D eigenvalue weighted by molar-refractivity contribution is 5.97. The summed E-state index contributed by atoms with van der Waals surface area (Å²) in [5, 5.41) is 8.82. The Kier molecular flexibility index (Phi) is 3.66. The number of aromatic carboxylic acids is 1. The summed E-state index contributed by atoms with van der Waals surface area (Å²) in [5.74, 6) is -1.63. The molecule has 0 aliphatic heterocycles. The molecule has 3 N–H and O–H groups in total. The summed E-state index contributed by atoms with van der Waals surface area (Å²) in [5.41, 5.74) is 6.22. The number of ether oxygens (including phenoxy) is 1. The van der Waals surface area contributed by atoms with E-state index < -0.39 is 11.9 Å². The fourth-order valence-electron chi connectivity index (χ4n) is 1.14. The largest absolute Gasteiger partial charge is 0.478 e. The van der Waals surface area contributed by atoms with Gasteiger partial charge in [-0.2, -0.15) is 0 Å². The summed E-state index contributed by atoms with van der Waals surface area (Å²) in [6.07, 6.45) is 2.59. The number of nitrogen functional groups attached to an aromatic ring is 1. The molecule has 5 nitrogen and oxygen atoms in total. The zero-order chi connectivity index (χ0) is 12.1. The molecule has 0 aliphatic carbocycles. The van der Waals surface area contributed by atoms with Gasteiger partial charge in [0, 0.05) is 6.08 Å². The molecule has 0 aromatic heterocycles. The lowest BCUT2D eigenvalue weighted by Gasteiger charge is -2.03. The van der Waals surface area contributed by atoms with Crippen molar-refractivity contribution >= 4 is 23.7 Å². The number of carbonyl (C=O) groups is 2. The maximum Gasteiger partial charge on any atom is 0.337 e. The van der Waals surface area contributed by atoms with Crippen LogP contribution in [0.25, 0.3) is 6.08 Å². The Bertz CT molecular complexity index is 451. The van der Waals surface area contributed by atoms with Crippen molar-refractivity contribution in [3.05, 3.63) is 35.4 Å². The predicted octanol–water partition coefficient (Wildman–Crippen LogP) is 1.15. The number of carboxylic acid groups (broad SMARTS) is 1. The van der Waals surface area contributed by atoms with Crippen LogP contribution in [0, 0.1) is 0 Å². The van der Waals surface area contributed by atoms with Gasteiger partial charge in [0.15, 0.2) is 0 Å². The summed E-state index contributed by atoms with van der Waals surface area (Å²) >= 11 is 0. The van der Waals surface area contributed by atoms with Crippen LogP contribution in [0.2, 0.25) is 0 Å². The predicted molar refractivity (Wildman–Crippen MR) is 58.9 cm³/mol. The third-order valence-corrected chi connectivity index (χ3v) is 1.97. The van der Waals surface area contributed by atoms with Gasteiger partial charge >= 0.3 is 11.9 Å². The molecule has 16 heavy (non-hydrogen) atoms. The SMILES string of the molecule is COC(=O)C=Cc1cccc(C(=O)O)c1N. The molecule has 0 atom stereocenters. The van der Waals surface area contributed by atoms with Crippen LogP contribution in [-0.2, 0) is 9.53 Å². The highest BCUT2D eigenvalue weighted by atomic mass is 16.5. The van der Waals surface area contributed by atoms with Gasteiger partial charge in [0.1, 0.15) is 0 Å². The van der Waals surface area contributed by atoms with E-state index in [4.69, 9.17) is 10.8 Å². The van der Waals surface area contributed by atoms with Crippen molar-refractivity contribution in [2.45, 2.75) is 0 Å². The van der Waals surface area contributed by atoms with Crippen molar-refractivity contribution in [1.29, 1.82) is 0 Å². The Morgan fingerprint density at radius 3 is 2.69 bits per heavy atom. The number of hydrogen-bond acceptors (Lipinski definition) is 4. The Morgan fingerprint density at radius 1 is 1.44 bits per heavy atom. The van der Waals surface area contributed by atoms with Crippen LogP contribution >= 0.6 is 0 Å². The lowest BCUT2D eigenvalue weighted by molar-refractivity contribution is -0.134.